The van der Waals surface area contributed by atoms with Gasteiger partial charge in [-0.05, 0) is 36.5 Å². The Morgan fingerprint density at radius 3 is 2.87 bits per heavy atom. The smallest absolute Gasteiger partial charge is 0.387 e. The van der Waals surface area contributed by atoms with Crippen LogP contribution < -0.4 is 14.8 Å². The first-order valence-corrected chi connectivity index (χ1v) is 10.1. The zero-order valence-corrected chi connectivity index (χ0v) is 17.6. The quantitative estimate of drug-likeness (QED) is 0.550. The number of aromatic nitrogens is 2. The molecule has 1 fully saturated rings. The lowest BCUT2D eigenvalue weighted by Gasteiger charge is -2.39. The summed E-state index contributed by atoms with van der Waals surface area (Å²) in [6.07, 6.45) is 7.38. The number of hydrogen-bond acceptors (Lipinski definition) is 4. The van der Waals surface area contributed by atoms with Gasteiger partial charge < -0.3 is 24.3 Å². The van der Waals surface area contributed by atoms with Crippen LogP contribution in [-0.4, -0.2) is 60.8 Å². The van der Waals surface area contributed by atoms with Crippen molar-refractivity contribution < 1.29 is 18.3 Å². The van der Waals surface area contributed by atoms with Crippen molar-refractivity contribution in [2.24, 2.45) is 10.9 Å². The van der Waals surface area contributed by atoms with Gasteiger partial charge in [-0.15, -0.1) is 0 Å². The van der Waals surface area contributed by atoms with Crippen molar-refractivity contribution in [2.45, 2.75) is 32.4 Å². The Bertz CT molecular complexity index is 829. The van der Waals surface area contributed by atoms with E-state index in [9.17, 15) is 8.78 Å². The Labute approximate surface area is 175 Å². The molecule has 0 radical (unpaired) electrons. The van der Waals surface area contributed by atoms with E-state index < -0.39 is 6.61 Å². The van der Waals surface area contributed by atoms with Crippen molar-refractivity contribution in [2.75, 3.05) is 33.8 Å². The Morgan fingerprint density at radius 1 is 1.37 bits per heavy atom. The average Bonchev–Trinajstić information content (AvgIpc) is 3.26. The van der Waals surface area contributed by atoms with Crippen LogP contribution in [0.15, 0.2) is 41.9 Å². The number of alkyl halides is 2. The molecule has 1 aliphatic rings. The molecule has 0 saturated carbocycles. The summed E-state index contributed by atoms with van der Waals surface area (Å²) in [7, 11) is 3.20. The molecule has 1 aromatic heterocycles. The maximum Gasteiger partial charge on any atom is 0.387 e. The van der Waals surface area contributed by atoms with Crippen LogP contribution in [0.2, 0.25) is 0 Å². The van der Waals surface area contributed by atoms with Crippen LogP contribution >= 0.6 is 0 Å². The first-order valence-electron chi connectivity index (χ1n) is 10.1. The minimum Gasteiger partial charge on any atom is -0.493 e. The number of hydrogen-bond donors (Lipinski definition) is 1. The van der Waals surface area contributed by atoms with Gasteiger partial charge in [0.25, 0.3) is 0 Å². The zero-order chi connectivity index (χ0) is 21.5. The molecule has 1 N–H and O–H groups in total. The van der Waals surface area contributed by atoms with E-state index in [2.05, 4.69) is 36.4 Å². The molecule has 7 nitrogen and oxygen atoms in total. The second-order valence-corrected chi connectivity index (χ2v) is 7.38. The highest BCUT2D eigenvalue weighted by atomic mass is 19.3. The first-order chi connectivity index (χ1) is 14.5. The Kier molecular flexibility index (Phi) is 7.48. The molecule has 164 valence electrons. The van der Waals surface area contributed by atoms with E-state index in [4.69, 9.17) is 4.74 Å². The molecular weight excluding hydrogens is 392 g/mol. The lowest BCUT2D eigenvalue weighted by atomic mass is 9.93. The fourth-order valence-corrected chi connectivity index (χ4v) is 3.81. The molecule has 0 spiro atoms. The average molecular weight is 421 g/mol. The summed E-state index contributed by atoms with van der Waals surface area (Å²) in [5.41, 5.74) is 0.873. The molecule has 1 saturated heterocycles. The molecule has 2 heterocycles. The van der Waals surface area contributed by atoms with Gasteiger partial charge in [-0.1, -0.05) is 13.0 Å². The normalized spacial score (nSPS) is 19.8. The SMILES string of the molecule is CN=C(NCCc1ccc(OC)c(OC(F)F)c1)N1CCC(C)C(n2ccnc2)C1. The number of halogens is 2. The van der Waals surface area contributed by atoms with Crippen LogP contribution in [0.25, 0.3) is 0 Å². The number of nitrogens with zero attached hydrogens (tertiary/aromatic N) is 4. The molecule has 3 rings (SSSR count). The van der Waals surface area contributed by atoms with Crippen molar-refractivity contribution >= 4 is 5.96 Å². The molecule has 0 bridgehead atoms. The molecule has 2 atom stereocenters. The van der Waals surface area contributed by atoms with Gasteiger partial charge in [0.2, 0.25) is 0 Å². The molecule has 1 aliphatic heterocycles. The molecule has 0 aliphatic carbocycles. The highest BCUT2D eigenvalue weighted by molar-refractivity contribution is 5.80. The Hall–Kier alpha value is -2.84. The van der Waals surface area contributed by atoms with Crippen LogP contribution in [0.5, 0.6) is 11.5 Å². The lowest BCUT2D eigenvalue weighted by Crippen LogP contribution is -2.49. The summed E-state index contributed by atoms with van der Waals surface area (Å²) < 4.78 is 37.0. The van der Waals surface area contributed by atoms with Gasteiger partial charge in [-0.25, -0.2) is 4.98 Å². The summed E-state index contributed by atoms with van der Waals surface area (Å²) in [6, 6.07) is 5.42. The number of imidazole rings is 1. The fraction of sp³-hybridized carbons (Fsp3) is 0.524. The third-order valence-electron chi connectivity index (χ3n) is 5.48. The molecule has 1 aromatic carbocycles. The number of methoxy groups -OCH3 is 1. The summed E-state index contributed by atoms with van der Waals surface area (Å²) in [4.78, 5) is 10.9. The van der Waals surface area contributed by atoms with Crippen LogP contribution in [0.3, 0.4) is 0 Å². The molecular formula is C21H29F2N5O2. The number of likely N-dealkylation sites (tertiary alicyclic amines) is 1. The van der Waals surface area contributed by atoms with Crippen LogP contribution in [0, 0.1) is 5.92 Å². The van der Waals surface area contributed by atoms with E-state index in [-0.39, 0.29) is 11.5 Å². The Balaban J connectivity index is 1.58. The van der Waals surface area contributed by atoms with E-state index in [1.165, 1.54) is 7.11 Å². The predicted molar refractivity (Wildman–Crippen MR) is 111 cm³/mol. The van der Waals surface area contributed by atoms with E-state index in [1.807, 2.05) is 18.6 Å². The van der Waals surface area contributed by atoms with Gasteiger partial charge in [0.05, 0.1) is 19.5 Å². The van der Waals surface area contributed by atoms with Crippen LogP contribution in [0.4, 0.5) is 8.78 Å². The van der Waals surface area contributed by atoms with Crippen molar-refractivity contribution in [3.8, 4) is 11.5 Å². The van der Waals surface area contributed by atoms with Gasteiger partial charge in [0, 0.05) is 39.1 Å². The number of benzene rings is 1. The van der Waals surface area contributed by atoms with Crippen molar-refractivity contribution in [3.05, 3.63) is 42.5 Å². The third-order valence-corrected chi connectivity index (χ3v) is 5.48. The zero-order valence-electron chi connectivity index (χ0n) is 17.6. The summed E-state index contributed by atoms with van der Waals surface area (Å²) in [5, 5.41) is 3.39. The van der Waals surface area contributed by atoms with Gasteiger partial charge in [-0.3, -0.25) is 4.99 Å². The summed E-state index contributed by atoms with van der Waals surface area (Å²) in [5.74, 6) is 1.73. The largest absolute Gasteiger partial charge is 0.493 e. The monoisotopic (exact) mass is 421 g/mol. The molecule has 30 heavy (non-hydrogen) atoms. The van der Waals surface area contributed by atoms with E-state index in [0.717, 1.165) is 31.0 Å². The van der Waals surface area contributed by atoms with Crippen LogP contribution in [0.1, 0.15) is 24.9 Å². The van der Waals surface area contributed by atoms with Gasteiger partial charge >= 0.3 is 6.61 Å². The topological polar surface area (TPSA) is 63.9 Å². The second-order valence-electron chi connectivity index (χ2n) is 7.38. The predicted octanol–water partition coefficient (Wildman–Crippen LogP) is 3.19. The molecule has 2 aromatic rings. The van der Waals surface area contributed by atoms with Crippen molar-refractivity contribution in [3.63, 3.8) is 0 Å². The maximum absolute atomic E-state index is 12.6. The highest BCUT2D eigenvalue weighted by Gasteiger charge is 2.28. The molecule has 2 unspecified atom stereocenters. The third kappa shape index (κ3) is 5.40. The maximum atomic E-state index is 12.6. The summed E-state index contributed by atoms with van der Waals surface area (Å²) >= 11 is 0. The van der Waals surface area contributed by atoms with Gasteiger partial charge in [0.1, 0.15) is 0 Å². The number of aliphatic imine (C=N–C) groups is 1. The Morgan fingerprint density at radius 2 is 2.20 bits per heavy atom. The van der Waals surface area contributed by atoms with Crippen molar-refractivity contribution in [1.82, 2.24) is 19.8 Å². The number of rotatable bonds is 7. The number of piperidine rings is 1. The number of ether oxygens (including phenoxy) is 2. The summed E-state index contributed by atoms with van der Waals surface area (Å²) in [6.45, 7) is 1.78. The second kappa shape index (κ2) is 10.3. The fourth-order valence-electron chi connectivity index (χ4n) is 3.81. The number of nitrogens with one attached hydrogen (secondary N) is 1. The lowest BCUT2D eigenvalue weighted by molar-refractivity contribution is -0.0512. The van der Waals surface area contributed by atoms with E-state index >= 15 is 0 Å². The first kappa shape index (κ1) is 21.9. The van der Waals surface area contributed by atoms with Crippen molar-refractivity contribution in [1.29, 1.82) is 0 Å². The minimum atomic E-state index is -2.89. The standard InChI is InChI=1S/C21H29F2N5O2/c1-15-7-10-27(13-17(15)28-11-9-25-14-28)21(24-2)26-8-6-16-4-5-18(29-3)19(12-16)30-20(22)23/h4-5,9,11-12,14-15,17,20H,6-8,10,13H2,1-3H3,(H,24,26). The number of guanidine groups is 1. The van der Waals surface area contributed by atoms with E-state index in [1.54, 1.807) is 25.4 Å². The minimum absolute atomic E-state index is 0.0441. The van der Waals surface area contributed by atoms with Crippen LogP contribution in [-0.2, 0) is 6.42 Å². The van der Waals surface area contributed by atoms with E-state index in [0.29, 0.717) is 24.9 Å². The highest BCUT2D eigenvalue weighted by Crippen LogP contribution is 2.30. The molecule has 9 heteroatoms. The van der Waals surface area contributed by atoms with Gasteiger partial charge in [-0.2, -0.15) is 8.78 Å². The molecule has 0 amide bonds. The van der Waals surface area contributed by atoms with Gasteiger partial charge in [0.15, 0.2) is 17.5 Å².